The summed E-state index contributed by atoms with van der Waals surface area (Å²) in [5.41, 5.74) is 1.45. The van der Waals surface area contributed by atoms with Crippen LogP contribution in [0, 0.1) is 11.3 Å². The van der Waals surface area contributed by atoms with Gasteiger partial charge in [0.1, 0.15) is 5.02 Å². The molecule has 0 aliphatic heterocycles. The summed E-state index contributed by atoms with van der Waals surface area (Å²) in [6.07, 6.45) is 3.25. The molecule has 2 heterocycles. The van der Waals surface area contributed by atoms with Gasteiger partial charge in [0.15, 0.2) is 5.82 Å². The summed E-state index contributed by atoms with van der Waals surface area (Å²) in [5.74, 6) is 0.492. The lowest BCUT2D eigenvalue weighted by Crippen LogP contribution is -1.98. The first kappa shape index (κ1) is 12.0. The molecule has 1 aromatic carbocycles. The van der Waals surface area contributed by atoms with Gasteiger partial charge in [-0.25, -0.2) is 4.98 Å². The Kier molecular flexibility index (Phi) is 2.86. The minimum absolute atomic E-state index is 0.123. The van der Waals surface area contributed by atoms with Crippen molar-refractivity contribution in [3.8, 4) is 11.9 Å². The van der Waals surface area contributed by atoms with Gasteiger partial charge in [0, 0.05) is 11.6 Å². The highest BCUT2D eigenvalue weighted by atomic mass is 35.5. The van der Waals surface area contributed by atoms with Crippen molar-refractivity contribution in [1.82, 2.24) is 14.5 Å². The van der Waals surface area contributed by atoms with E-state index in [-0.39, 0.29) is 5.28 Å². The van der Waals surface area contributed by atoms with Crippen molar-refractivity contribution in [2.24, 2.45) is 0 Å². The lowest BCUT2D eigenvalue weighted by Gasteiger charge is -2.06. The predicted octanol–water partition coefficient (Wildman–Crippen LogP) is 3.60. The van der Waals surface area contributed by atoms with Gasteiger partial charge in [-0.2, -0.15) is 10.2 Å². The monoisotopic (exact) mass is 288 g/mol. The van der Waals surface area contributed by atoms with Crippen LogP contribution in [0.4, 0.5) is 0 Å². The van der Waals surface area contributed by atoms with E-state index in [9.17, 15) is 0 Å². The second-order valence-corrected chi connectivity index (χ2v) is 4.59. The minimum Gasteiger partial charge on any atom is -0.300 e. The number of fused-ring (bicyclic) bond motifs is 1. The van der Waals surface area contributed by atoms with Gasteiger partial charge in [0.25, 0.3) is 0 Å². The molecule has 19 heavy (non-hydrogen) atoms. The highest BCUT2D eigenvalue weighted by molar-refractivity contribution is 6.33. The van der Waals surface area contributed by atoms with Crippen LogP contribution in [0.25, 0.3) is 16.7 Å². The first-order chi connectivity index (χ1) is 9.20. The molecule has 0 atom stereocenters. The van der Waals surface area contributed by atoms with Crippen molar-refractivity contribution in [2.75, 3.05) is 0 Å². The Balaban J connectivity index is 2.33. The molecule has 0 radical (unpaired) electrons. The molecule has 0 saturated carbocycles. The third-order valence-corrected chi connectivity index (χ3v) is 3.23. The van der Waals surface area contributed by atoms with E-state index in [0.29, 0.717) is 16.4 Å². The number of hydrogen-bond donors (Lipinski definition) is 0. The number of nitriles is 1. The normalized spacial score (nSPS) is 10.6. The standard InChI is InChI=1S/C13H6Cl2N4/c14-10-7-17-13(15)18-12(10)19-5-4-9-8(6-16)2-1-3-11(9)19/h1-5,7H. The van der Waals surface area contributed by atoms with E-state index in [1.807, 2.05) is 18.2 Å². The molecule has 0 spiro atoms. The molecule has 0 unspecified atom stereocenters. The molecular formula is C13H6Cl2N4. The number of benzene rings is 1. The van der Waals surface area contributed by atoms with E-state index in [2.05, 4.69) is 16.0 Å². The summed E-state index contributed by atoms with van der Waals surface area (Å²) >= 11 is 11.9. The van der Waals surface area contributed by atoms with Gasteiger partial charge in [0.05, 0.1) is 23.3 Å². The zero-order valence-electron chi connectivity index (χ0n) is 9.51. The zero-order valence-corrected chi connectivity index (χ0v) is 11.0. The van der Waals surface area contributed by atoms with E-state index in [0.717, 1.165) is 10.9 Å². The van der Waals surface area contributed by atoms with Gasteiger partial charge in [-0.1, -0.05) is 17.7 Å². The van der Waals surface area contributed by atoms with Crippen molar-refractivity contribution in [2.45, 2.75) is 0 Å². The van der Waals surface area contributed by atoms with Crippen LogP contribution in [0.5, 0.6) is 0 Å². The summed E-state index contributed by atoms with van der Waals surface area (Å²) in [4.78, 5) is 7.94. The molecule has 0 N–H and O–H groups in total. The smallest absolute Gasteiger partial charge is 0.224 e. The van der Waals surface area contributed by atoms with Crippen LogP contribution < -0.4 is 0 Å². The Bertz CT molecular complexity index is 817. The molecule has 3 rings (SSSR count). The topological polar surface area (TPSA) is 54.5 Å². The van der Waals surface area contributed by atoms with Crippen LogP contribution in [0.2, 0.25) is 10.3 Å². The third-order valence-electron chi connectivity index (χ3n) is 2.78. The fourth-order valence-electron chi connectivity index (χ4n) is 1.96. The van der Waals surface area contributed by atoms with Gasteiger partial charge >= 0.3 is 0 Å². The van der Waals surface area contributed by atoms with Gasteiger partial charge in [-0.15, -0.1) is 0 Å². The number of nitrogens with zero attached hydrogens (tertiary/aromatic N) is 4. The fraction of sp³-hybridized carbons (Fsp3) is 0. The van der Waals surface area contributed by atoms with Gasteiger partial charge < -0.3 is 0 Å². The maximum atomic E-state index is 9.08. The Labute approximate surface area is 118 Å². The molecule has 6 heteroatoms. The molecule has 0 aliphatic rings. The summed E-state index contributed by atoms with van der Waals surface area (Å²) in [6, 6.07) is 9.47. The Hall–Kier alpha value is -2.09. The summed E-state index contributed by atoms with van der Waals surface area (Å²) in [5, 5.41) is 10.4. The minimum atomic E-state index is 0.123. The fourth-order valence-corrected chi connectivity index (χ4v) is 2.27. The SMILES string of the molecule is N#Cc1cccc2c1ccn2-c1nc(Cl)ncc1Cl. The zero-order chi connectivity index (χ0) is 13.4. The summed E-state index contributed by atoms with van der Waals surface area (Å²) < 4.78 is 1.78. The number of hydrogen-bond acceptors (Lipinski definition) is 3. The molecule has 0 aliphatic carbocycles. The Morgan fingerprint density at radius 3 is 2.84 bits per heavy atom. The average molecular weight is 289 g/mol. The van der Waals surface area contributed by atoms with E-state index >= 15 is 0 Å². The highest BCUT2D eigenvalue weighted by Crippen LogP contribution is 2.26. The second kappa shape index (κ2) is 4.54. The van der Waals surface area contributed by atoms with Crippen LogP contribution in [-0.4, -0.2) is 14.5 Å². The van der Waals surface area contributed by atoms with Crippen molar-refractivity contribution >= 4 is 34.1 Å². The molecule has 4 nitrogen and oxygen atoms in total. The first-order valence-electron chi connectivity index (χ1n) is 5.39. The number of rotatable bonds is 1. The molecule has 0 bridgehead atoms. The average Bonchev–Trinajstić information content (AvgIpc) is 2.85. The largest absolute Gasteiger partial charge is 0.300 e. The Morgan fingerprint density at radius 2 is 2.05 bits per heavy atom. The van der Waals surface area contributed by atoms with Crippen molar-refractivity contribution in [1.29, 1.82) is 5.26 Å². The maximum absolute atomic E-state index is 9.08. The van der Waals surface area contributed by atoms with Crippen LogP contribution in [-0.2, 0) is 0 Å². The summed E-state index contributed by atoms with van der Waals surface area (Å²) in [7, 11) is 0. The van der Waals surface area contributed by atoms with Gasteiger partial charge in [0.2, 0.25) is 5.28 Å². The lowest BCUT2D eigenvalue weighted by atomic mass is 10.1. The molecule has 2 aromatic heterocycles. The van der Waals surface area contributed by atoms with Crippen molar-refractivity contribution in [3.63, 3.8) is 0 Å². The quantitative estimate of drug-likeness (QED) is 0.643. The molecule has 0 saturated heterocycles. The van der Waals surface area contributed by atoms with Crippen LogP contribution in [0.3, 0.4) is 0 Å². The van der Waals surface area contributed by atoms with Gasteiger partial charge in [-0.3, -0.25) is 4.57 Å². The molecule has 0 amide bonds. The molecular weight excluding hydrogens is 283 g/mol. The van der Waals surface area contributed by atoms with Crippen LogP contribution >= 0.6 is 23.2 Å². The van der Waals surface area contributed by atoms with E-state index < -0.39 is 0 Å². The van der Waals surface area contributed by atoms with E-state index in [4.69, 9.17) is 28.5 Å². The molecule has 92 valence electrons. The first-order valence-corrected chi connectivity index (χ1v) is 6.15. The molecule has 3 aromatic rings. The third kappa shape index (κ3) is 1.93. The highest BCUT2D eigenvalue weighted by Gasteiger charge is 2.11. The number of aromatic nitrogens is 3. The van der Waals surface area contributed by atoms with E-state index in [1.165, 1.54) is 6.20 Å². The summed E-state index contributed by atoms with van der Waals surface area (Å²) in [6.45, 7) is 0. The van der Waals surface area contributed by atoms with Crippen molar-refractivity contribution in [3.05, 3.63) is 52.5 Å². The van der Waals surface area contributed by atoms with Crippen LogP contribution in [0.15, 0.2) is 36.7 Å². The lowest BCUT2D eigenvalue weighted by molar-refractivity contribution is 1.01. The second-order valence-electron chi connectivity index (χ2n) is 3.85. The number of halogens is 2. The van der Waals surface area contributed by atoms with Crippen LogP contribution in [0.1, 0.15) is 5.56 Å². The predicted molar refractivity (Wildman–Crippen MR) is 73.6 cm³/mol. The maximum Gasteiger partial charge on any atom is 0.224 e. The van der Waals surface area contributed by atoms with Crippen molar-refractivity contribution < 1.29 is 0 Å². The van der Waals surface area contributed by atoms with Gasteiger partial charge in [-0.05, 0) is 29.8 Å². The van der Waals surface area contributed by atoms with E-state index in [1.54, 1.807) is 16.8 Å². The Morgan fingerprint density at radius 1 is 1.21 bits per heavy atom. The molecule has 0 fully saturated rings.